The molecule has 31 heavy (non-hydrogen) atoms. The van der Waals surface area contributed by atoms with Crippen LogP contribution in [0, 0.1) is 4.77 Å². The van der Waals surface area contributed by atoms with Crippen LogP contribution in [0.4, 0.5) is 5.69 Å². The van der Waals surface area contributed by atoms with Crippen molar-refractivity contribution in [2.24, 2.45) is 5.10 Å². The van der Waals surface area contributed by atoms with Crippen molar-refractivity contribution in [1.29, 1.82) is 0 Å². The number of hydrogen-bond donors (Lipinski definition) is 2. The van der Waals surface area contributed by atoms with Crippen LogP contribution in [0.2, 0.25) is 0 Å². The number of methoxy groups -OCH3 is 1. The first-order chi connectivity index (χ1) is 15.2. The first-order valence-electron chi connectivity index (χ1n) is 9.47. The third-order valence-corrected chi connectivity index (χ3v) is 4.80. The number of nitrogens with zero attached hydrogens (tertiary/aromatic N) is 3. The van der Waals surface area contributed by atoms with Crippen molar-refractivity contribution in [3.05, 3.63) is 94.8 Å². The zero-order chi connectivity index (χ0) is 21.6. The Morgan fingerprint density at radius 2 is 1.77 bits per heavy atom. The second-order valence-corrected chi connectivity index (χ2v) is 6.93. The third kappa shape index (κ3) is 4.59. The van der Waals surface area contributed by atoms with Gasteiger partial charge >= 0.3 is 0 Å². The number of carbonyl (C=O) groups is 1. The van der Waals surface area contributed by atoms with Crippen molar-refractivity contribution >= 4 is 30.0 Å². The number of nitrogens with one attached hydrogen (secondary N) is 2. The number of H-pyrrole nitrogens is 1. The van der Waals surface area contributed by atoms with E-state index in [9.17, 15) is 4.79 Å². The molecule has 4 aromatic rings. The van der Waals surface area contributed by atoms with Gasteiger partial charge in [-0.1, -0.05) is 30.3 Å². The van der Waals surface area contributed by atoms with E-state index in [1.54, 1.807) is 25.5 Å². The number of amides is 1. The fourth-order valence-corrected chi connectivity index (χ4v) is 3.14. The van der Waals surface area contributed by atoms with Gasteiger partial charge in [-0.05, 0) is 66.3 Å². The van der Waals surface area contributed by atoms with Crippen LogP contribution in [0.3, 0.4) is 0 Å². The fraction of sp³-hybridized carbons (Fsp3) is 0.0435. The van der Waals surface area contributed by atoms with Crippen molar-refractivity contribution in [1.82, 2.24) is 14.9 Å². The minimum absolute atomic E-state index is 0.213. The number of para-hydroxylation sites is 1. The van der Waals surface area contributed by atoms with Crippen LogP contribution in [-0.4, -0.2) is 34.1 Å². The van der Waals surface area contributed by atoms with E-state index in [1.807, 2.05) is 66.7 Å². The molecule has 0 spiro atoms. The van der Waals surface area contributed by atoms with E-state index in [-0.39, 0.29) is 5.91 Å². The Balaban J connectivity index is 1.66. The average Bonchev–Trinajstić information content (AvgIpc) is 3.19. The van der Waals surface area contributed by atoms with E-state index >= 15 is 0 Å². The standard InChI is InChI=1S/C23H19N5O2S/c1-30-18-13-11-16(12-14-18)15-24-28-21(26-27-23(28)31)19-9-5-6-10-20(19)25-22(29)17-7-3-2-4-8-17/h2-15H,1H3,(H,25,29)(H,27,31)/b24-15+. The molecule has 0 radical (unpaired) electrons. The van der Waals surface area contributed by atoms with Gasteiger partial charge in [-0.2, -0.15) is 14.9 Å². The summed E-state index contributed by atoms with van der Waals surface area (Å²) in [7, 11) is 1.62. The number of aromatic nitrogens is 3. The molecule has 2 N–H and O–H groups in total. The lowest BCUT2D eigenvalue weighted by molar-refractivity contribution is 0.102. The molecule has 0 unspecified atom stereocenters. The van der Waals surface area contributed by atoms with Crippen molar-refractivity contribution in [3.8, 4) is 17.1 Å². The van der Waals surface area contributed by atoms with Gasteiger partial charge in [0.15, 0.2) is 5.82 Å². The predicted molar refractivity (Wildman–Crippen MR) is 123 cm³/mol. The highest BCUT2D eigenvalue weighted by Crippen LogP contribution is 2.27. The third-order valence-electron chi connectivity index (χ3n) is 4.54. The number of ether oxygens (including phenoxy) is 1. The molecule has 1 heterocycles. The molecule has 154 valence electrons. The van der Waals surface area contributed by atoms with Crippen LogP contribution in [0.25, 0.3) is 11.4 Å². The maximum absolute atomic E-state index is 12.6. The topological polar surface area (TPSA) is 84.3 Å². The Hall–Kier alpha value is -4.04. The molecular weight excluding hydrogens is 410 g/mol. The van der Waals surface area contributed by atoms with Gasteiger partial charge in [0.05, 0.1) is 19.0 Å². The molecule has 3 aromatic carbocycles. The molecule has 0 aliphatic carbocycles. The van der Waals surface area contributed by atoms with Gasteiger partial charge in [-0.25, -0.2) is 5.10 Å². The van der Waals surface area contributed by atoms with Gasteiger partial charge in [0.25, 0.3) is 5.91 Å². The molecule has 0 aliphatic heterocycles. The van der Waals surface area contributed by atoms with Crippen LogP contribution < -0.4 is 10.1 Å². The van der Waals surface area contributed by atoms with E-state index in [4.69, 9.17) is 17.0 Å². The van der Waals surface area contributed by atoms with Gasteiger partial charge < -0.3 is 10.1 Å². The number of hydrogen-bond acceptors (Lipinski definition) is 5. The number of carbonyl (C=O) groups excluding carboxylic acids is 1. The molecule has 0 aliphatic rings. The predicted octanol–water partition coefficient (Wildman–Crippen LogP) is 4.75. The van der Waals surface area contributed by atoms with Crippen LogP contribution in [0.15, 0.2) is 84.0 Å². The highest BCUT2D eigenvalue weighted by atomic mass is 32.1. The summed E-state index contributed by atoms with van der Waals surface area (Å²) in [6.45, 7) is 0. The summed E-state index contributed by atoms with van der Waals surface area (Å²) in [6, 6.07) is 23.9. The fourth-order valence-electron chi connectivity index (χ4n) is 2.96. The van der Waals surface area contributed by atoms with Crippen molar-refractivity contribution in [3.63, 3.8) is 0 Å². The van der Waals surface area contributed by atoms with Gasteiger partial charge in [0.2, 0.25) is 4.77 Å². The average molecular weight is 430 g/mol. The summed E-state index contributed by atoms with van der Waals surface area (Å²) in [6.07, 6.45) is 1.68. The minimum atomic E-state index is -0.213. The molecule has 0 saturated carbocycles. The zero-order valence-corrected chi connectivity index (χ0v) is 17.5. The number of aromatic amines is 1. The van der Waals surface area contributed by atoms with Crippen LogP contribution in [0.1, 0.15) is 15.9 Å². The first-order valence-corrected chi connectivity index (χ1v) is 9.88. The Kier molecular flexibility index (Phi) is 6.00. The quantitative estimate of drug-likeness (QED) is 0.342. The van der Waals surface area contributed by atoms with E-state index in [2.05, 4.69) is 20.6 Å². The summed E-state index contributed by atoms with van der Waals surface area (Å²) >= 11 is 5.36. The first kappa shape index (κ1) is 20.2. The van der Waals surface area contributed by atoms with Gasteiger partial charge in [-0.3, -0.25) is 4.79 Å². The van der Waals surface area contributed by atoms with Gasteiger partial charge in [0.1, 0.15) is 5.75 Å². The molecule has 0 atom stereocenters. The monoisotopic (exact) mass is 429 g/mol. The lowest BCUT2D eigenvalue weighted by atomic mass is 10.1. The molecule has 4 rings (SSSR count). The smallest absolute Gasteiger partial charge is 0.255 e. The van der Waals surface area contributed by atoms with E-state index in [1.165, 1.54) is 4.68 Å². The molecule has 1 amide bonds. The lowest BCUT2D eigenvalue weighted by Crippen LogP contribution is -2.12. The summed E-state index contributed by atoms with van der Waals surface area (Å²) in [5.41, 5.74) is 2.73. The second kappa shape index (κ2) is 9.19. The number of rotatable bonds is 6. The minimum Gasteiger partial charge on any atom is -0.497 e. The SMILES string of the molecule is COc1ccc(/C=N/n2c(-c3ccccc3NC(=O)c3ccccc3)n[nH]c2=S)cc1. The van der Waals surface area contributed by atoms with Crippen LogP contribution in [0.5, 0.6) is 5.75 Å². The van der Waals surface area contributed by atoms with E-state index in [0.29, 0.717) is 27.4 Å². The van der Waals surface area contributed by atoms with Gasteiger partial charge in [-0.15, -0.1) is 0 Å². The Bertz CT molecular complexity index is 1280. The van der Waals surface area contributed by atoms with Crippen molar-refractivity contribution < 1.29 is 9.53 Å². The molecular formula is C23H19N5O2S. The summed E-state index contributed by atoms with van der Waals surface area (Å²) < 4.78 is 7.03. The second-order valence-electron chi connectivity index (χ2n) is 6.55. The normalized spacial score (nSPS) is 10.9. The maximum atomic E-state index is 12.6. The van der Waals surface area contributed by atoms with Crippen LogP contribution in [-0.2, 0) is 0 Å². The summed E-state index contributed by atoms with van der Waals surface area (Å²) in [4.78, 5) is 12.6. The van der Waals surface area contributed by atoms with Crippen LogP contribution >= 0.6 is 12.2 Å². The highest BCUT2D eigenvalue weighted by molar-refractivity contribution is 7.71. The molecule has 0 saturated heterocycles. The molecule has 0 bridgehead atoms. The molecule has 0 fully saturated rings. The number of benzene rings is 3. The Morgan fingerprint density at radius 1 is 1.06 bits per heavy atom. The summed E-state index contributed by atoms with van der Waals surface area (Å²) in [5.74, 6) is 1.04. The lowest BCUT2D eigenvalue weighted by Gasteiger charge is -2.10. The van der Waals surface area contributed by atoms with E-state index in [0.717, 1.165) is 11.3 Å². The van der Waals surface area contributed by atoms with Gasteiger partial charge in [0, 0.05) is 11.1 Å². The highest BCUT2D eigenvalue weighted by Gasteiger charge is 2.15. The number of anilines is 1. The van der Waals surface area contributed by atoms with E-state index < -0.39 is 0 Å². The molecule has 1 aromatic heterocycles. The van der Waals surface area contributed by atoms with Crippen molar-refractivity contribution in [2.45, 2.75) is 0 Å². The Labute approximate surface area is 184 Å². The zero-order valence-electron chi connectivity index (χ0n) is 16.6. The largest absolute Gasteiger partial charge is 0.497 e. The molecule has 8 heteroatoms. The van der Waals surface area contributed by atoms with Crippen molar-refractivity contribution in [2.75, 3.05) is 12.4 Å². The maximum Gasteiger partial charge on any atom is 0.255 e. The Morgan fingerprint density at radius 3 is 2.52 bits per heavy atom. The summed E-state index contributed by atoms with van der Waals surface area (Å²) in [5, 5.41) is 14.5. The molecule has 7 nitrogen and oxygen atoms in total.